The summed E-state index contributed by atoms with van der Waals surface area (Å²) >= 11 is 0. The van der Waals surface area contributed by atoms with Gasteiger partial charge < -0.3 is 0 Å². The van der Waals surface area contributed by atoms with Gasteiger partial charge in [-0.25, -0.2) is 21.2 Å². The van der Waals surface area contributed by atoms with Gasteiger partial charge in [0, 0.05) is 12.7 Å². The van der Waals surface area contributed by atoms with Gasteiger partial charge in [-0.1, -0.05) is 0 Å². The van der Waals surface area contributed by atoms with Crippen molar-refractivity contribution < 1.29 is 21.2 Å². The third kappa shape index (κ3) is 4.04. The lowest BCUT2D eigenvalue weighted by Crippen LogP contribution is -2.24. The van der Waals surface area contributed by atoms with Gasteiger partial charge >= 0.3 is 0 Å². The van der Waals surface area contributed by atoms with Crippen LogP contribution in [0.5, 0.6) is 0 Å². The van der Waals surface area contributed by atoms with Crippen molar-refractivity contribution in [3.8, 4) is 0 Å². The predicted octanol–water partition coefficient (Wildman–Crippen LogP) is 2.33. The summed E-state index contributed by atoms with van der Waals surface area (Å²) in [6.45, 7) is 1.50. The molecule has 0 heterocycles. The van der Waals surface area contributed by atoms with E-state index in [9.17, 15) is 21.2 Å². The molecule has 0 bridgehead atoms. The van der Waals surface area contributed by atoms with E-state index < -0.39 is 25.9 Å². The monoisotopic (exact) mass is 372 g/mol. The Kier molecular flexibility index (Phi) is 4.86. The van der Waals surface area contributed by atoms with Crippen LogP contribution in [0.2, 0.25) is 0 Å². The molecule has 0 aliphatic carbocycles. The quantitative estimate of drug-likeness (QED) is 0.873. The van der Waals surface area contributed by atoms with Crippen LogP contribution in [0.1, 0.15) is 5.56 Å². The molecule has 0 aromatic heterocycles. The normalized spacial score (nSPS) is 12.0. The highest BCUT2D eigenvalue weighted by Gasteiger charge is 2.18. The standard InChI is InChI=1S/C15H17FN2O4S2/c1-11-10-12(16)4-9-15(11)24(21,22)17-13-5-7-14(8-6-13)18(2)23(3,19)20/h4-10,17H,1-3H3. The fourth-order valence-corrected chi connectivity index (χ4v) is 3.85. The van der Waals surface area contributed by atoms with Crippen LogP contribution in [0.15, 0.2) is 47.4 Å². The van der Waals surface area contributed by atoms with Crippen molar-refractivity contribution in [3.63, 3.8) is 0 Å². The predicted molar refractivity (Wildman–Crippen MR) is 91.6 cm³/mol. The zero-order valence-electron chi connectivity index (χ0n) is 13.3. The number of nitrogens with one attached hydrogen (secondary N) is 1. The van der Waals surface area contributed by atoms with E-state index in [0.717, 1.165) is 22.7 Å². The first-order valence-electron chi connectivity index (χ1n) is 6.83. The molecule has 0 saturated carbocycles. The van der Waals surface area contributed by atoms with E-state index in [2.05, 4.69) is 4.72 Å². The van der Waals surface area contributed by atoms with Gasteiger partial charge in [-0.05, 0) is 55.0 Å². The number of rotatable bonds is 5. The molecule has 0 aliphatic rings. The highest BCUT2D eigenvalue weighted by atomic mass is 32.2. The molecular weight excluding hydrogens is 355 g/mol. The largest absolute Gasteiger partial charge is 0.280 e. The lowest BCUT2D eigenvalue weighted by Gasteiger charge is -2.17. The Bertz CT molecular complexity index is 955. The van der Waals surface area contributed by atoms with Gasteiger partial charge in [-0.15, -0.1) is 0 Å². The first kappa shape index (κ1) is 18.2. The summed E-state index contributed by atoms with van der Waals surface area (Å²) < 4.78 is 64.3. The number of aryl methyl sites for hydroxylation is 1. The highest BCUT2D eigenvalue weighted by molar-refractivity contribution is 7.92. The Morgan fingerprint density at radius 1 is 1.00 bits per heavy atom. The second kappa shape index (κ2) is 6.40. The number of halogens is 1. The molecule has 1 N–H and O–H groups in total. The smallest absolute Gasteiger partial charge is 0.262 e. The van der Waals surface area contributed by atoms with Crippen molar-refractivity contribution in [2.75, 3.05) is 22.3 Å². The number of anilines is 2. The van der Waals surface area contributed by atoms with Crippen molar-refractivity contribution in [2.45, 2.75) is 11.8 Å². The number of hydrogen-bond donors (Lipinski definition) is 1. The third-order valence-electron chi connectivity index (χ3n) is 3.41. The van der Waals surface area contributed by atoms with Gasteiger partial charge in [0.05, 0.1) is 16.8 Å². The fourth-order valence-electron chi connectivity index (χ4n) is 2.06. The summed E-state index contributed by atoms with van der Waals surface area (Å²) in [6, 6.07) is 9.27. The Labute approximate surface area is 141 Å². The first-order chi connectivity index (χ1) is 11.0. The maximum absolute atomic E-state index is 13.1. The van der Waals surface area contributed by atoms with E-state index >= 15 is 0 Å². The van der Waals surface area contributed by atoms with Gasteiger partial charge in [-0.2, -0.15) is 0 Å². The zero-order chi connectivity index (χ0) is 18.1. The van der Waals surface area contributed by atoms with E-state index in [1.165, 1.54) is 44.3 Å². The molecular formula is C15H17FN2O4S2. The van der Waals surface area contributed by atoms with Crippen LogP contribution in [0.3, 0.4) is 0 Å². The van der Waals surface area contributed by atoms with E-state index in [4.69, 9.17) is 0 Å². The van der Waals surface area contributed by atoms with Gasteiger partial charge in [0.1, 0.15) is 5.82 Å². The second-order valence-corrected chi connectivity index (χ2v) is 8.96. The average molecular weight is 372 g/mol. The Morgan fingerprint density at radius 2 is 1.58 bits per heavy atom. The Hall–Kier alpha value is -2.13. The van der Waals surface area contributed by atoms with Crippen LogP contribution in [0, 0.1) is 12.7 Å². The molecule has 0 saturated heterocycles. The van der Waals surface area contributed by atoms with Crippen molar-refractivity contribution in [1.29, 1.82) is 0 Å². The van der Waals surface area contributed by atoms with Crippen molar-refractivity contribution in [1.82, 2.24) is 0 Å². The topological polar surface area (TPSA) is 83.6 Å². The minimum absolute atomic E-state index is 0.0266. The van der Waals surface area contributed by atoms with Gasteiger partial charge in [0.2, 0.25) is 10.0 Å². The maximum atomic E-state index is 13.1. The molecule has 9 heteroatoms. The summed E-state index contributed by atoms with van der Waals surface area (Å²) in [5, 5.41) is 0. The molecule has 24 heavy (non-hydrogen) atoms. The van der Waals surface area contributed by atoms with Crippen molar-refractivity contribution in [3.05, 3.63) is 53.8 Å². The summed E-state index contributed by atoms with van der Waals surface area (Å²) in [5.74, 6) is -0.514. The zero-order valence-corrected chi connectivity index (χ0v) is 14.9. The molecule has 0 atom stereocenters. The number of sulfonamides is 2. The van der Waals surface area contributed by atoms with E-state index in [-0.39, 0.29) is 16.1 Å². The second-order valence-electron chi connectivity index (χ2n) is 5.29. The van der Waals surface area contributed by atoms with Gasteiger partial charge in [0.25, 0.3) is 10.0 Å². The molecule has 6 nitrogen and oxygen atoms in total. The Balaban J connectivity index is 2.28. The summed E-state index contributed by atoms with van der Waals surface area (Å²) in [4.78, 5) is -0.0266. The van der Waals surface area contributed by atoms with Crippen molar-refractivity contribution >= 4 is 31.4 Å². The molecule has 0 fully saturated rings. The van der Waals surface area contributed by atoms with Crippen molar-refractivity contribution in [2.24, 2.45) is 0 Å². The number of nitrogens with zero attached hydrogens (tertiary/aromatic N) is 1. The molecule has 0 radical (unpaired) electrons. The Morgan fingerprint density at radius 3 is 2.08 bits per heavy atom. The van der Waals surface area contributed by atoms with Crippen LogP contribution in [0.4, 0.5) is 15.8 Å². The lowest BCUT2D eigenvalue weighted by molar-refractivity contribution is 0.597. The van der Waals surface area contributed by atoms with E-state index in [0.29, 0.717) is 5.69 Å². The third-order valence-corrected chi connectivity index (χ3v) is 6.15. The molecule has 2 aromatic carbocycles. The van der Waals surface area contributed by atoms with E-state index in [1.807, 2.05) is 0 Å². The van der Waals surface area contributed by atoms with Gasteiger partial charge in [0.15, 0.2) is 0 Å². The minimum Gasteiger partial charge on any atom is -0.280 e. The van der Waals surface area contributed by atoms with Gasteiger partial charge in [-0.3, -0.25) is 9.03 Å². The SMILES string of the molecule is Cc1cc(F)ccc1S(=O)(=O)Nc1ccc(N(C)S(C)(=O)=O)cc1. The first-order valence-corrected chi connectivity index (χ1v) is 10.2. The van der Waals surface area contributed by atoms with Crippen LogP contribution < -0.4 is 9.03 Å². The van der Waals surface area contributed by atoms with Crippen LogP contribution in [-0.4, -0.2) is 30.1 Å². The highest BCUT2D eigenvalue weighted by Crippen LogP contribution is 2.23. The lowest BCUT2D eigenvalue weighted by atomic mass is 10.2. The number of benzene rings is 2. The molecule has 0 spiro atoms. The van der Waals surface area contributed by atoms with E-state index in [1.54, 1.807) is 0 Å². The molecule has 0 aliphatic heterocycles. The molecule has 0 unspecified atom stereocenters. The van der Waals surface area contributed by atoms with Crippen LogP contribution >= 0.6 is 0 Å². The van der Waals surface area contributed by atoms with Crippen LogP contribution in [0.25, 0.3) is 0 Å². The summed E-state index contributed by atoms with van der Waals surface area (Å²) in [7, 11) is -5.87. The molecule has 130 valence electrons. The summed E-state index contributed by atoms with van der Waals surface area (Å²) in [6.07, 6.45) is 1.07. The summed E-state index contributed by atoms with van der Waals surface area (Å²) in [5.41, 5.74) is 0.957. The minimum atomic E-state index is -3.87. The molecule has 2 aromatic rings. The average Bonchev–Trinajstić information content (AvgIpc) is 2.45. The van der Waals surface area contributed by atoms with Crippen LogP contribution in [-0.2, 0) is 20.0 Å². The number of hydrogen-bond acceptors (Lipinski definition) is 4. The maximum Gasteiger partial charge on any atom is 0.262 e. The molecule has 0 amide bonds. The fraction of sp³-hybridized carbons (Fsp3) is 0.200. The molecule has 2 rings (SSSR count).